The Hall–Kier alpha value is -3.23. The normalized spacial score (nSPS) is 10.6. The van der Waals surface area contributed by atoms with Crippen LogP contribution >= 0.6 is 11.6 Å². The number of hydrogen-bond donors (Lipinski definition) is 1. The second-order valence-corrected chi connectivity index (χ2v) is 5.55. The Morgan fingerprint density at radius 2 is 2.04 bits per heavy atom. The smallest absolute Gasteiger partial charge is 0.266 e. The van der Waals surface area contributed by atoms with E-state index in [1.807, 2.05) is 6.07 Å². The molecule has 0 aromatic heterocycles. The lowest BCUT2D eigenvalue weighted by Crippen LogP contribution is -2.13. The molecule has 5 nitrogen and oxygen atoms in total. The highest BCUT2D eigenvalue weighted by molar-refractivity contribution is 6.32. The van der Waals surface area contributed by atoms with Crippen molar-refractivity contribution in [1.29, 1.82) is 5.26 Å². The summed E-state index contributed by atoms with van der Waals surface area (Å²) in [4.78, 5) is 12.3. The fourth-order valence-corrected chi connectivity index (χ4v) is 2.30. The van der Waals surface area contributed by atoms with E-state index in [9.17, 15) is 10.1 Å². The van der Waals surface area contributed by atoms with Crippen molar-refractivity contribution in [2.75, 3.05) is 19.0 Å². The number of benzene rings is 2. The summed E-state index contributed by atoms with van der Waals surface area (Å²) < 4.78 is 10.5. The van der Waals surface area contributed by atoms with E-state index in [1.54, 1.807) is 55.7 Å². The van der Waals surface area contributed by atoms with Gasteiger partial charge in [0.15, 0.2) is 0 Å². The first-order valence-electron chi connectivity index (χ1n) is 7.68. The highest BCUT2D eigenvalue weighted by Gasteiger charge is 2.10. The largest absolute Gasteiger partial charge is 0.497 e. The molecular formula is C20H17ClN2O3. The van der Waals surface area contributed by atoms with Crippen LogP contribution in [0.3, 0.4) is 0 Å². The average molecular weight is 369 g/mol. The van der Waals surface area contributed by atoms with Crippen molar-refractivity contribution in [2.45, 2.75) is 0 Å². The fourth-order valence-electron chi connectivity index (χ4n) is 2.06. The number of carbonyl (C=O) groups excluding carboxylic acids is 1. The van der Waals surface area contributed by atoms with E-state index in [2.05, 4.69) is 11.9 Å². The molecule has 6 heteroatoms. The SMILES string of the molecule is C=CCOc1ccc(/C=C(\C#N)C(=O)Nc2ccc(OC)cc2)cc1Cl. The average Bonchev–Trinajstić information content (AvgIpc) is 2.66. The van der Waals surface area contributed by atoms with Crippen LogP contribution in [0, 0.1) is 11.3 Å². The Morgan fingerprint density at radius 1 is 1.31 bits per heavy atom. The van der Waals surface area contributed by atoms with Crippen molar-refractivity contribution < 1.29 is 14.3 Å². The van der Waals surface area contributed by atoms with Gasteiger partial charge >= 0.3 is 0 Å². The molecule has 2 aromatic carbocycles. The summed E-state index contributed by atoms with van der Waals surface area (Å²) in [5.41, 5.74) is 1.13. The van der Waals surface area contributed by atoms with Crippen molar-refractivity contribution in [1.82, 2.24) is 0 Å². The third-order valence-corrected chi connectivity index (χ3v) is 3.63. The Bertz CT molecular complexity index is 868. The van der Waals surface area contributed by atoms with Crippen LogP contribution in [-0.2, 0) is 4.79 Å². The van der Waals surface area contributed by atoms with E-state index in [-0.39, 0.29) is 5.57 Å². The number of anilines is 1. The molecule has 0 bridgehead atoms. The van der Waals surface area contributed by atoms with E-state index in [0.717, 1.165) is 0 Å². The zero-order chi connectivity index (χ0) is 18.9. The van der Waals surface area contributed by atoms with Gasteiger partial charge in [-0.15, -0.1) is 0 Å². The Labute approximate surface area is 157 Å². The zero-order valence-corrected chi connectivity index (χ0v) is 14.9. The van der Waals surface area contributed by atoms with Gasteiger partial charge in [-0.3, -0.25) is 4.79 Å². The van der Waals surface area contributed by atoms with Crippen LogP contribution in [0.5, 0.6) is 11.5 Å². The lowest BCUT2D eigenvalue weighted by atomic mass is 10.1. The highest BCUT2D eigenvalue weighted by atomic mass is 35.5. The van der Waals surface area contributed by atoms with E-state index in [1.165, 1.54) is 6.08 Å². The van der Waals surface area contributed by atoms with E-state index in [0.29, 0.717) is 34.4 Å². The van der Waals surface area contributed by atoms with Crippen LogP contribution in [0.4, 0.5) is 5.69 Å². The minimum Gasteiger partial charge on any atom is -0.497 e. The van der Waals surface area contributed by atoms with E-state index < -0.39 is 5.91 Å². The maximum absolute atomic E-state index is 12.3. The first-order valence-corrected chi connectivity index (χ1v) is 8.05. The standard InChI is InChI=1S/C20H17ClN2O3/c1-3-10-26-19-9-4-14(12-18(19)21)11-15(13-22)20(24)23-16-5-7-17(25-2)8-6-16/h3-9,11-12H,1,10H2,2H3,(H,23,24)/b15-11+. The van der Waals surface area contributed by atoms with Gasteiger partial charge in [-0.25, -0.2) is 0 Å². The summed E-state index contributed by atoms with van der Waals surface area (Å²) in [5, 5.41) is 12.3. The van der Waals surface area contributed by atoms with Gasteiger partial charge in [0.2, 0.25) is 0 Å². The number of halogens is 1. The second-order valence-electron chi connectivity index (χ2n) is 5.14. The minimum atomic E-state index is -0.513. The lowest BCUT2D eigenvalue weighted by Gasteiger charge is -2.07. The number of methoxy groups -OCH3 is 1. The number of hydrogen-bond acceptors (Lipinski definition) is 4. The van der Waals surface area contributed by atoms with Crippen molar-refractivity contribution in [3.63, 3.8) is 0 Å². The molecule has 0 atom stereocenters. The number of nitrogens with zero attached hydrogens (tertiary/aromatic N) is 1. The maximum atomic E-state index is 12.3. The minimum absolute atomic E-state index is 0.0448. The molecule has 0 fully saturated rings. The van der Waals surface area contributed by atoms with Gasteiger partial charge in [0.1, 0.15) is 29.7 Å². The number of carbonyl (C=O) groups is 1. The number of nitrogens with one attached hydrogen (secondary N) is 1. The molecule has 132 valence electrons. The summed E-state index contributed by atoms with van der Waals surface area (Å²) in [7, 11) is 1.56. The highest BCUT2D eigenvalue weighted by Crippen LogP contribution is 2.26. The Morgan fingerprint density at radius 3 is 2.62 bits per heavy atom. The van der Waals surface area contributed by atoms with Crippen molar-refractivity contribution in [3.05, 3.63) is 71.3 Å². The molecule has 2 rings (SSSR count). The van der Waals surface area contributed by atoms with Gasteiger partial charge < -0.3 is 14.8 Å². The van der Waals surface area contributed by atoms with Crippen LogP contribution in [-0.4, -0.2) is 19.6 Å². The summed E-state index contributed by atoms with van der Waals surface area (Å²) in [6, 6.07) is 13.7. The van der Waals surface area contributed by atoms with Gasteiger partial charge in [-0.1, -0.05) is 30.3 Å². The molecule has 2 aromatic rings. The first kappa shape index (κ1) is 19.1. The first-order chi connectivity index (χ1) is 12.6. The summed E-state index contributed by atoms with van der Waals surface area (Å²) in [6.45, 7) is 3.91. The monoisotopic (exact) mass is 368 g/mol. The molecule has 0 aliphatic carbocycles. The van der Waals surface area contributed by atoms with Crippen molar-refractivity contribution in [3.8, 4) is 17.6 Å². The Kier molecular flexibility index (Phi) is 6.84. The van der Waals surface area contributed by atoms with Gasteiger partial charge in [0, 0.05) is 5.69 Å². The third kappa shape index (κ3) is 5.13. The van der Waals surface area contributed by atoms with Crippen LogP contribution < -0.4 is 14.8 Å². The summed E-state index contributed by atoms with van der Waals surface area (Å²) in [5.74, 6) is 0.665. The van der Waals surface area contributed by atoms with Gasteiger partial charge in [-0.05, 0) is 48.0 Å². The van der Waals surface area contributed by atoms with Crippen molar-refractivity contribution in [2.24, 2.45) is 0 Å². The third-order valence-electron chi connectivity index (χ3n) is 3.34. The quantitative estimate of drug-likeness (QED) is 0.445. The van der Waals surface area contributed by atoms with E-state index >= 15 is 0 Å². The second kappa shape index (κ2) is 9.30. The molecule has 0 aliphatic rings. The van der Waals surface area contributed by atoms with Crippen molar-refractivity contribution >= 4 is 29.3 Å². The molecule has 26 heavy (non-hydrogen) atoms. The van der Waals surface area contributed by atoms with Gasteiger partial charge in [0.25, 0.3) is 5.91 Å². The van der Waals surface area contributed by atoms with Crippen LogP contribution in [0.1, 0.15) is 5.56 Å². The molecule has 1 N–H and O–H groups in total. The van der Waals surface area contributed by atoms with Crippen LogP contribution in [0.15, 0.2) is 60.7 Å². The predicted octanol–water partition coefficient (Wildman–Crippen LogP) is 4.46. The molecule has 0 saturated carbocycles. The zero-order valence-electron chi connectivity index (χ0n) is 14.2. The number of rotatable bonds is 7. The van der Waals surface area contributed by atoms with Gasteiger partial charge in [0.05, 0.1) is 12.1 Å². The Balaban J connectivity index is 2.15. The molecule has 0 saturated heterocycles. The van der Waals surface area contributed by atoms with Crippen LogP contribution in [0.2, 0.25) is 5.02 Å². The molecule has 1 amide bonds. The fraction of sp³-hybridized carbons (Fsp3) is 0.100. The lowest BCUT2D eigenvalue weighted by molar-refractivity contribution is -0.112. The molecule has 0 spiro atoms. The number of amides is 1. The molecule has 0 heterocycles. The number of ether oxygens (including phenoxy) is 2. The predicted molar refractivity (Wildman–Crippen MR) is 102 cm³/mol. The summed E-state index contributed by atoms with van der Waals surface area (Å²) >= 11 is 6.15. The van der Waals surface area contributed by atoms with E-state index in [4.69, 9.17) is 21.1 Å². The van der Waals surface area contributed by atoms with Crippen LogP contribution in [0.25, 0.3) is 6.08 Å². The van der Waals surface area contributed by atoms with Gasteiger partial charge in [-0.2, -0.15) is 5.26 Å². The topological polar surface area (TPSA) is 71.3 Å². The molecular weight excluding hydrogens is 352 g/mol. The number of nitriles is 1. The summed E-state index contributed by atoms with van der Waals surface area (Å²) in [6.07, 6.45) is 3.07. The molecule has 0 aliphatic heterocycles. The maximum Gasteiger partial charge on any atom is 0.266 e. The molecule has 0 unspecified atom stereocenters. The molecule has 0 radical (unpaired) electrons.